The maximum Gasteiger partial charge on any atom is 0.0197 e. The predicted molar refractivity (Wildman–Crippen MR) is 152 cm³/mol. The zero-order chi connectivity index (χ0) is 23.5. The van der Waals surface area contributed by atoms with Crippen LogP contribution in [-0.2, 0) is 23.2 Å². The van der Waals surface area contributed by atoms with Gasteiger partial charge in [0.05, 0.1) is 0 Å². The van der Waals surface area contributed by atoms with E-state index in [-0.39, 0.29) is 24.8 Å². The van der Waals surface area contributed by atoms with E-state index >= 15 is 0 Å². The van der Waals surface area contributed by atoms with Crippen molar-refractivity contribution in [2.45, 2.75) is 31.4 Å². The van der Waals surface area contributed by atoms with Crippen molar-refractivity contribution >= 4 is 42.2 Å². The van der Waals surface area contributed by atoms with Crippen LogP contribution in [0.5, 0.6) is 0 Å². The minimum Gasteiger partial charge on any atom is -1.00 e. The summed E-state index contributed by atoms with van der Waals surface area (Å²) < 4.78 is 3.37. The molecule has 0 saturated carbocycles. The molecular weight excluding hydrogens is 587 g/mol. The standard InChI is InChI=1S/2C15H11.C3H8Si.2ClH.Zr/c2*1-2-7-12(6-1)15-11-5-9-13-8-3-4-10-14(13)15;1-2-4-3-1;;;/h2*3-11H,1H2;1-4H2;2*1H;/q;;;;;+2/p-2. The summed E-state index contributed by atoms with van der Waals surface area (Å²) in [5.74, 6) is 0. The molecule has 0 nitrogen and oxygen atoms in total. The van der Waals surface area contributed by atoms with E-state index in [1.54, 1.807) is 25.1 Å². The topological polar surface area (TPSA) is 0 Å². The van der Waals surface area contributed by atoms with Crippen LogP contribution in [0.3, 0.4) is 0 Å². The molecule has 1 heterocycles. The maximum absolute atomic E-state index is 2.49. The fourth-order valence-electron chi connectivity index (χ4n) is 5.01. The van der Waals surface area contributed by atoms with Crippen molar-refractivity contribution in [1.82, 2.24) is 0 Å². The molecule has 7 rings (SSSR count). The Hall–Kier alpha value is -1.96. The van der Waals surface area contributed by atoms with Crippen molar-refractivity contribution in [1.29, 1.82) is 0 Å². The Kier molecular flexibility index (Phi) is 10.0. The van der Waals surface area contributed by atoms with E-state index in [0.717, 1.165) is 12.8 Å². The second kappa shape index (κ2) is 13.2. The van der Waals surface area contributed by atoms with Gasteiger partial charge < -0.3 is 24.8 Å². The normalized spacial score (nSPS) is 15.6. The van der Waals surface area contributed by atoms with Gasteiger partial charge in [-0.15, -0.1) is 0 Å². The Bertz CT molecular complexity index is 1400. The zero-order valence-electron chi connectivity index (χ0n) is 20.9. The van der Waals surface area contributed by atoms with Gasteiger partial charge in [0.2, 0.25) is 0 Å². The van der Waals surface area contributed by atoms with Gasteiger partial charge in [0.1, 0.15) is 0 Å². The van der Waals surface area contributed by atoms with E-state index in [4.69, 9.17) is 0 Å². The van der Waals surface area contributed by atoms with Gasteiger partial charge in [0, 0.05) is 9.52 Å². The molecule has 0 unspecified atom stereocenters. The second-order valence-electron chi connectivity index (χ2n) is 9.66. The molecule has 4 aromatic carbocycles. The molecule has 0 amide bonds. The van der Waals surface area contributed by atoms with E-state index in [1.165, 1.54) is 43.8 Å². The average molecular weight is 617 g/mol. The second-order valence-corrected chi connectivity index (χ2v) is 15.6. The zero-order valence-corrected chi connectivity index (χ0v) is 26.3. The van der Waals surface area contributed by atoms with Crippen LogP contribution in [0.2, 0.25) is 12.1 Å². The first-order valence-electron chi connectivity index (χ1n) is 12.9. The molecule has 184 valence electrons. The van der Waals surface area contributed by atoms with Crippen molar-refractivity contribution in [3.63, 3.8) is 0 Å². The average Bonchev–Trinajstić information content (AvgIpc) is 3.52. The van der Waals surface area contributed by atoms with Crippen LogP contribution in [0.15, 0.2) is 116 Å². The molecule has 0 spiro atoms. The number of halogens is 2. The molecule has 1 aliphatic heterocycles. The molecular formula is C33H30Cl2SiZr. The van der Waals surface area contributed by atoms with Crippen LogP contribution in [0, 0.1) is 0 Å². The summed E-state index contributed by atoms with van der Waals surface area (Å²) in [6.45, 7) is 0. The third-order valence-corrected chi connectivity index (χ3v) is 12.6. The molecule has 3 aliphatic rings. The molecule has 1 fully saturated rings. The van der Waals surface area contributed by atoms with Crippen LogP contribution >= 0.6 is 0 Å². The minimum atomic E-state index is -0.721. The van der Waals surface area contributed by atoms with Crippen LogP contribution in [0.25, 0.3) is 32.7 Å². The van der Waals surface area contributed by atoms with Gasteiger partial charge in [-0.25, -0.2) is 0 Å². The first kappa shape index (κ1) is 28.1. The molecule has 0 atom stereocenters. The number of hydrogen-bond acceptors (Lipinski definition) is 0. The summed E-state index contributed by atoms with van der Waals surface area (Å²) in [7, 11) is 0.605. The molecule has 4 heteroatoms. The molecule has 0 N–H and O–H groups in total. The summed E-state index contributed by atoms with van der Waals surface area (Å²) in [5, 5.41) is 5.37. The van der Waals surface area contributed by atoms with Crippen LogP contribution in [0.4, 0.5) is 0 Å². The Morgan fingerprint density at radius 1 is 0.541 bits per heavy atom. The monoisotopic (exact) mass is 614 g/mol. The Balaban J connectivity index is 0.000000490. The molecule has 1 saturated heterocycles. The van der Waals surface area contributed by atoms with Gasteiger partial charge in [0.25, 0.3) is 0 Å². The van der Waals surface area contributed by atoms with Crippen molar-refractivity contribution in [2.75, 3.05) is 0 Å². The van der Waals surface area contributed by atoms with Crippen LogP contribution in [-0.4, -0.2) is 9.52 Å². The molecule has 2 aliphatic carbocycles. The van der Waals surface area contributed by atoms with Gasteiger partial charge in [-0.2, -0.15) is 0 Å². The number of hydrogen-bond donors (Lipinski definition) is 0. The summed E-state index contributed by atoms with van der Waals surface area (Å²) in [4.78, 5) is 0. The van der Waals surface area contributed by atoms with Crippen molar-refractivity contribution < 1.29 is 48.0 Å². The number of fused-ring (bicyclic) bond motifs is 2. The van der Waals surface area contributed by atoms with Gasteiger partial charge in [-0.1, -0.05) is 18.5 Å². The van der Waals surface area contributed by atoms with Crippen molar-refractivity contribution in [3.05, 3.63) is 127 Å². The van der Waals surface area contributed by atoms with Gasteiger partial charge >= 0.3 is 196 Å². The fraction of sp³-hybridized carbons (Fsp3) is 0.152. The Morgan fingerprint density at radius 2 is 0.946 bits per heavy atom. The Morgan fingerprint density at radius 3 is 1.38 bits per heavy atom. The van der Waals surface area contributed by atoms with Gasteiger partial charge in [-0.05, 0) is 0 Å². The largest absolute Gasteiger partial charge is 1.00 e. The predicted octanol–water partition coefficient (Wildman–Crippen LogP) is 2.52. The summed E-state index contributed by atoms with van der Waals surface area (Å²) in [6.07, 6.45) is 13.7. The van der Waals surface area contributed by atoms with E-state index in [0.29, 0.717) is 9.52 Å². The number of benzene rings is 4. The maximum atomic E-state index is 2.49. The SMILES string of the molecule is C1=[C]([Zr+2][C]2=CC(c3cccc4ccccc34)=CC2)CC=C1c1cccc2ccccc12.C1C[SiH2]C1.[Cl-].[Cl-]. The molecule has 37 heavy (non-hydrogen) atoms. The van der Waals surface area contributed by atoms with Crippen LogP contribution < -0.4 is 24.8 Å². The minimum absolute atomic E-state index is 0. The Labute approximate surface area is 246 Å². The van der Waals surface area contributed by atoms with E-state index in [2.05, 4.69) is 109 Å². The summed E-state index contributed by atoms with van der Waals surface area (Å²) >= 11 is -0.721. The van der Waals surface area contributed by atoms with Crippen molar-refractivity contribution in [3.8, 4) is 0 Å². The van der Waals surface area contributed by atoms with E-state index in [1.807, 2.05) is 0 Å². The summed E-state index contributed by atoms with van der Waals surface area (Å²) in [5.41, 5.74) is 5.58. The first-order chi connectivity index (χ1) is 17.3. The van der Waals surface area contributed by atoms with Gasteiger partial charge in [-0.3, -0.25) is 0 Å². The van der Waals surface area contributed by atoms with Crippen LogP contribution in [0.1, 0.15) is 30.4 Å². The molecule has 0 aromatic heterocycles. The van der Waals surface area contributed by atoms with Gasteiger partial charge in [0.15, 0.2) is 0 Å². The molecule has 4 aromatic rings. The molecule has 0 bridgehead atoms. The first-order valence-corrected chi connectivity index (χ1v) is 17.4. The number of allylic oxidation sites excluding steroid dienone is 8. The molecule has 0 radical (unpaired) electrons. The van der Waals surface area contributed by atoms with E-state index < -0.39 is 23.2 Å². The third-order valence-electron chi connectivity index (χ3n) is 7.27. The smallest absolute Gasteiger partial charge is 0.0197 e. The quantitative estimate of drug-likeness (QED) is 0.310. The fourth-order valence-corrected chi connectivity index (χ4v) is 8.65. The number of rotatable bonds is 4. The van der Waals surface area contributed by atoms with E-state index in [9.17, 15) is 0 Å². The third kappa shape index (κ3) is 6.37. The summed E-state index contributed by atoms with van der Waals surface area (Å²) in [6, 6.07) is 34.1. The van der Waals surface area contributed by atoms with Crippen molar-refractivity contribution in [2.24, 2.45) is 0 Å².